The van der Waals surface area contributed by atoms with E-state index in [0.717, 1.165) is 92.8 Å². The van der Waals surface area contributed by atoms with Crippen LogP contribution in [0.5, 0.6) is 0 Å². The highest BCUT2D eigenvalue weighted by atomic mass is 32.2. The first kappa shape index (κ1) is 52.6. The first-order valence-corrected chi connectivity index (χ1v) is 25.9. The summed E-state index contributed by atoms with van der Waals surface area (Å²) >= 11 is 0. The molecule has 10 rings (SSSR count). The van der Waals surface area contributed by atoms with Gasteiger partial charge in [-0.1, -0.05) is 36.4 Å². The van der Waals surface area contributed by atoms with Gasteiger partial charge in [-0.3, -0.25) is 19.4 Å². The van der Waals surface area contributed by atoms with Crippen molar-refractivity contribution in [3.63, 3.8) is 0 Å². The van der Waals surface area contributed by atoms with Gasteiger partial charge in [0.25, 0.3) is 16.7 Å². The van der Waals surface area contributed by atoms with Crippen molar-refractivity contribution in [2.24, 2.45) is 5.73 Å². The molecule has 2 aromatic carbocycles. The molecule has 25 nitrogen and oxygen atoms in total. The van der Waals surface area contributed by atoms with Crippen molar-refractivity contribution in [1.29, 1.82) is 0 Å². The molecule has 26 heteroatoms. The molecular weight excluding hydrogens is 971 g/mol. The van der Waals surface area contributed by atoms with Gasteiger partial charge in [-0.05, 0) is 86.6 Å². The number of likely N-dealkylation sites (N-methyl/N-ethyl adjacent to an activating group) is 2. The fraction of sp³-hybridized carbons (Fsp3) is 0.375. The number of carbonyl (C=O) groups is 2. The number of anilines is 4. The minimum absolute atomic E-state index is 0.0410. The molecule has 0 saturated carbocycles. The average molecular weight is 1030 g/mol. The predicted molar refractivity (Wildman–Crippen MR) is 278 cm³/mol. The number of amides is 1. The monoisotopic (exact) mass is 1030 g/mol. The van der Waals surface area contributed by atoms with Crippen LogP contribution in [0.2, 0.25) is 0 Å². The van der Waals surface area contributed by atoms with E-state index in [9.17, 15) is 18.0 Å². The lowest BCUT2D eigenvalue weighted by Crippen LogP contribution is -2.47. The van der Waals surface area contributed by atoms with E-state index in [-0.39, 0.29) is 35.2 Å². The molecule has 2 aliphatic heterocycles. The van der Waals surface area contributed by atoms with Crippen molar-refractivity contribution in [1.82, 2.24) is 68.7 Å². The molecule has 390 valence electrons. The van der Waals surface area contributed by atoms with Crippen LogP contribution in [0.15, 0.2) is 99.3 Å². The van der Waals surface area contributed by atoms with E-state index in [0.29, 0.717) is 61.7 Å². The molecule has 8 aromatic rings. The Kier molecular flexibility index (Phi) is 17.3. The van der Waals surface area contributed by atoms with Crippen molar-refractivity contribution < 1.29 is 26.8 Å². The normalized spacial score (nSPS) is 14.8. The zero-order valence-corrected chi connectivity index (χ0v) is 42.4. The predicted octanol–water partition coefficient (Wildman–Crippen LogP) is 1.51. The third kappa shape index (κ3) is 14.5. The van der Waals surface area contributed by atoms with Gasteiger partial charge in [0, 0.05) is 77.3 Å². The number of hydrogen-bond donors (Lipinski definition) is 5. The molecular formula is C48H61N19O6S. The van der Waals surface area contributed by atoms with Gasteiger partial charge >= 0.3 is 0 Å². The molecule has 0 spiro atoms. The quantitative estimate of drug-likeness (QED) is 0.0916. The van der Waals surface area contributed by atoms with Crippen LogP contribution >= 0.6 is 0 Å². The number of aromatic nitrogens is 10. The first-order chi connectivity index (χ1) is 35.6. The number of fused-ring (bicyclic) bond motifs is 2. The van der Waals surface area contributed by atoms with E-state index < -0.39 is 15.0 Å². The summed E-state index contributed by atoms with van der Waals surface area (Å²) < 4.78 is 35.8. The molecule has 2 fully saturated rings. The Morgan fingerprint density at radius 1 is 0.635 bits per heavy atom. The second kappa shape index (κ2) is 24.3. The van der Waals surface area contributed by atoms with Gasteiger partial charge in [-0.2, -0.15) is 38.9 Å². The van der Waals surface area contributed by atoms with Crippen LogP contribution < -0.4 is 27.8 Å². The summed E-state index contributed by atoms with van der Waals surface area (Å²) in [6.45, 7) is 10.2. The number of nitrogen functional groups attached to an aromatic ring is 2. The Morgan fingerprint density at radius 2 is 1.15 bits per heavy atom. The Bertz CT molecular complexity index is 3200. The topological polar surface area (TPSA) is 322 Å². The van der Waals surface area contributed by atoms with Crippen LogP contribution in [0.4, 0.5) is 23.5 Å². The lowest BCUT2D eigenvalue weighted by Gasteiger charge is -2.31. The minimum Gasteiger partial charge on any atom is -0.461 e. The lowest BCUT2D eigenvalue weighted by molar-refractivity contribution is -0.120. The number of hydrogen-bond acceptors (Lipinski definition) is 22. The number of ketones is 1. The lowest BCUT2D eigenvalue weighted by atomic mass is 10.0. The molecule has 2 aliphatic rings. The number of benzene rings is 2. The van der Waals surface area contributed by atoms with E-state index in [4.69, 9.17) is 26.0 Å². The summed E-state index contributed by atoms with van der Waals surface area (Å²) in [6.07, 6.45) is 6.13. The molecule has 0 atom stereocenters. The van der Waals surface area contributed by atoms with Crippen LogP contribution in [0, 0.1) is 0 Å². The molecule has 2 saturated heterocycles. The smallest absolute Gasteiger partial charge is 0.259 e. The first-order valence-electron chi connectivity index (χ1n) is 24.0. The minimum atomic E-state index is -3.57. The molecule has 0 aliphatic carbocycles. The number of nitrogens with zero attached hydrogens (tertiary/aromatic N) is 14. The summed E-state index contributed by atoms with van der Waals surface area (Å²) in [4.78, 5) is 58.0. The second-order valence-corrected chi connectivity index (χ2v) is 19.9. The molecule has 74 heavy (non-hydrogen) atoms. The summed E-state index contributed by atoms with van der Waals surface area (Å²) in [6, 6.07) is 23.0. The van der Waals surface area contributed by atoms with Crippen LogP contribution in [-0.4, -0.2) is 188 Å². The standard InChI is InChI=1S/C24H29N9O2.C15H24N4O.C9H8N6O3S/c1-31-10-12-32(13-11-31)16-19(34)15-18-6-4-17(5-7-18)8-9-26-23-28-22(25)33-24(29-23)27-21(30-33)20-3-2-14-35-20;1-18-8-10-19(11-9-18)12-15(20)17-14-4-2-13(3-5-14)6-7-16;1-19(16,17)9-12-7(10)15-8(13-9)11-6(14-15)5-3-2-4-18-5/h2-7,14H,8-13,15-16H2,1H3,(H3,25,26,27,28,29,30);2-5H,6-12,16H2,1H3,(H,17,20);2-4H,1H3,(H2,10,11,12,13,14). The van der Waals surface area contributed by atoms with Gasteiger partial charge in [0.15, 0.2) is 17.3 Å². The molecule has 0 radical (unpaired) electrons. The average Bonchev–Trinajstić information content (AvgIpc) is 4.23. The van der Waals surface area contributed by atoms with Gasteiger partial charge in [0.05, 0.1) is 25.6 Å². The van der Waals surface area contributed by atoms with Crippen molar-refractivity contribution in [3.05, 3.63) is 102 Å². The van der Waals surface area contributed by atoms with Gasteiger partial charge in [0.1, 0.15) is 0 Å². The summed E-state index contributed by atoms with van der Waals surface area (Å²) in [7, 11) is 0.661. The molecule has 6 aromatic heterocycles. The summed E-state index contributed by atoms with van der Waals surface area (Å²) in [5.74, 6) is 2.77. The van der Waals surface area contributed by atoms with Gasteiger partial charge in [-0.15, -0.1) is 10.2 Å². The summed E-state index contributed by atoms with van der Waals surface area (Å²) in [5.41, 5.74) is 21.4. The van der Waals surface area contributed by atoms with Crippen molar-refractivity contribution in [3.8, 4) is 23.2 Å². The molecule has 8 N–H and O–H groups in total. The highest BCUT2D eigenvalue weighted by Crippen LogP contribution is 2.20. The van der Waals surface area contributed by atoms with Crippen molar-refractivity contribution >= 4 is 56.6 Å². The van der Waals surface area contributed by atoms with Crippen LogP contribution in [-0.2, 0) is 38.7 Å². The number of carbonyl (C=O) groups excluding carboxylic acids is 2. The number of piperazine rings is 2. The Balaban J connectivity index is 0.000000159. The number of nitrogens with two attached hydrogens (primary N) is 3. The summed E-state index contributed by atoms with van der Waals surface area (Å²) in [5, 5.41) is 14.1. The highest BCUT2D eigenvalue weighted by molar-refractivity contribution is 7.90. The van der Waals surface area contributed by atoms with Crippen LogP contribution in [0.1, 0.15) is 16.7 Å². The second-order valence-electron chi connectivity index (χ2n) is 17.9. The maximum atomic E-state index is 12.5. The van der Waals surface area contributed by atoms with Gasteiger partial charge in [0.2, 0.25) is 45.2 Å². The van der Waals surface area contributed by atoms with Crippen LogP contribution in [0.25, 0.3) is 34.7 Å². The number of nitrogens with one attached hydrogen (secondary N) is 2. The van der Waals surface area contributed by atoms with E-state index >= 15 is 0 Å². The van der Waals surface area contributed by atoms with E-state index in [2.05, 4.69) is 96.6 Å². The van der Waals surface area contributed by atoms with Crippen molar-refractivity contribution in [2.45, 2.75) is 24.4 Å². The van der Waals surface area contributed by atoms with E-state index in [1.807, 2.05) is 36.4 Å². The molecule has 0 bridgehead atoms. The number of furan rings is 2. The fourth-order valence-electron chi connectivity index (χ4n) is 7.87. The number of sulfone groups is 1. The molecule has 0 unspecified atom stereocenters. The Hall–Kier alpha value is -7.75. The van der Waals surface area contributed by atoms with Crippen molar-refractivity contribution in [2.75, 3.05) is 121 Å². The zero-order valence-electron chi connectivity index (χ0n) is 41.5. The van der Waals surface area contributed by atoms with Gasteiger partial charge in [-0.25, -0.2) is 8.42 Å². The highest BCUT2D eigenvalue weighted by Gasteiger charge is 2.21. The zero-order chi connectivity index (χ0) is 52.2. The maximum Gasteiger partial charge on any atom is 0.259 e. The van der Waals surface area contributed by atoms with E-state index in [1.54, 1.807) is 30.5 Å². The fourth-order valence-corrected chi connectivity index (χ4v) is 8.38. The third-order valence-electron chi connectivity index (χ3n) is 12.0. The Labute approximate surface area is 427 Å². The van der Waals surface area contributed by atoms with Crippen LogP contribution in [0.3, 0.4) is 0 Å². The SMILES string of the molecule is CN1CCN(CC(=O)Cc2ccc(CCNc3nc(N)n4nc(-c5ccco5)nc4n3)cc2)CC1.CN1CCN(CC(=O)Nc2ccc(CCN)cc2)CC1.CS(=O)(=O)c1nc(N)n2nc(-c3ccco3)nc2n1. The third-order valence-corrected chi connectivity index (χ3v) is 12.9. The van der Waals surface area contributed by atoms with E-state index in [1.165, 1.54) is 16.3 Å². The van der Waals surface area contributed by atoms with Gasteiger partial charge < -0.3 is 46.5 Å². The Morgan fingerprint density at radius 3 is 1.69 bits per heavy atom. The molecule has 1 amide bonds. The largest absolute Gasteiger partial charge is 0.461 e. The number of Topliss-reactive ketones (excluding diaryl/α,β-unsaturated/α-hetero) is 1. The molecule has 8 heterocycles. The maximum absolute atomic E-state index is 12.5. The number of rotatable bonds is 16.